The minimum absolute atomic E-state index is 0.0867. The van der Waals surface area contributed by atoms with Gasteiger partial charge in [0.05, 0.1) is 4.90 Å². The number of nitrogens with zero attached hydrogens (tertiary/aromatic N) is 3. The fourth-order valence-corrected chi connectivity index (χ4v) is 6.89. The molecule has 2 aromatic rings. The normalized spacial score (nSPS) is 20.9. The Morgan fingerprint density at radius 1 is 0.909 bits per heavy atom. The van der Waals surface area contributed by atoms with E-state index in [1.807, 2.05) is 23.1 Å². The second kappa shape index (κ2) is 8.57. The summed E-state index contributed by atoms with van der Waals surface area (Å²) in [5.41, 5.74) is 3.76. The van der Waals surface area contributed by atoms with Crippen LogP contribution >= 0.6 is 0 Å². The number of rotatable bonds is 3. The Morgan fingerprint density at radius 2 is 1.64 bits per heavy atom. The van der Waals surface area contributed by atoms with Crippen molar-refractivity contribution in [3.8, 4) is 0 Å². The molecule has 7 nitrogen and oxygen atoms in total. The lowest BCUT2D eigenvalue weighted by Gasteiger charge is -2.33. The average Bonchev–Trinajstić information content (AvgIpc) is 3.23. The first-order valence-electron chi connectivity index (χ1n) is 11.6. The number of carbonyl (C=O) groups excluding carboxylic acids is 2. The van der Waals surface area contributed by atoms with E-state index in [1.54, 1.807) is 22.5 Å². The van der Waals surface area contributed by atoms with Gasteiger partial charge in [0.15, 0.2) is 0 Å². The van der Waals surface area contributed by atoms with E-state index in [-0.39, 0.29) is 16.7 Å². The van der Waals surface area contributed by atoms with Gasteiger partial charge in [-0.25, -0.2) is 8.42 Å². The Kier molecular flexibility index (Phi) is 5.74. The number of amides is 2. The van der Waals surface area contributed by atoms with E-state index in [0.717, 1.165) is 36.8 Å². The van der Waals surface area contributed by atoms with E-state index >= 15 is 0 Å². The minimum Gasteiger partial charge on any atom is -0.336 e. The van der Waals surface area contributed by atoms with Crippen LogP contribution in [0.4, 0.5) is 5.69 Å². The summed E-state index contributed by atoms with van der Waals surface area (Å²) in [6.07, 6.45) is 3.92. The van der Waals surface area contributed by atoms with Crippen LogP contribution in [0, 0.1) is 0 Å². The van der Waals surface area contributed by atoms with E-state index < -0.39 is 16.1 Å². The number of benzene rings is 2. The first kappa shape index (κ1) is 22.1. The lowest BCUT2D eigenvalue weighted by atomic mass is 9.99. The van der Waals surface area contributed by atoms with Crippen molar-refractivity contribution in [2.45, 2.75) is 56.5 Å². The van der Waals surface area contributed by atoms with Gasteiger partial charge < -0.3 is 4.90 Å². The van der Waals surface area contributed by atoms with E-state index in [0.29, 0.717) is 38.3 Å². The van der Waals surface area contributed by atoms with Crippen molar-refractivity contribution in [2.24, 2.45) is 0 Å². The number of carbonyl (C=O) groups is 2. The van der Waals surface area contributed by atoms with Crippen LogP contribution in [0.15, 0.2) is 47.4 Å². The van der Waals surface area contributed by atoms with Crippen LogP contribution in [-0.4, -0.2) is 55.1 Å². The van der Waals surface area contributed by atoms with Crippen molar-refractivity contribution >= 4 is 27.5 Å². The van der Waals surface area contributed by atoms with Gasteiger partial charge in [0.2, 0.25) is 21.8 Å². The fraction of sp³-hybridized carbons (Fsp3) is 0.440. The summed E-state index contributed by atoms with van der Waals surface area (Å²) in [5, 5.41) is 0. The van der Waals surface area contributed by atoms with Crippen molar-refractivity contribution in [1.29, 1.82) is 0 Å². The molecule has 0 aromatic heterocycles. The molecule has 0 radical (unpaired) electrons. The lowest BCUT2D eigenvalue weighted by molar-refractivity contribution is -0.135. The van der Waals surface area contributed by atoms with Gasteiger partial charge in [-0.15, -0.1) is 0 Å². The van der Waals surface area contributed by atoms with Gasteiger partial charge in [-0.1, -0.05) is 30.7 Å². The molecule has 8 heteroatoms. The van der Waals surface area contributed by atoms with E-state index in [9.17, 15) is 18.0 Å². The van der Waals surface area contributed by atoms with Crippen LogP contribution in [0.25, 0.3) is 0 Å². The molecule has 1 saturated heterocycles. The Morgan fingerprint density at radius 3 is 2.36 bits per heavy atom. The van der Waals surface area contributed by atoms with E-state index in [2.05, 4.69) is 6.07 Å². The molecule has 0 N–H and O–H groups in total. The van der Waals surface area contributed by atoms with Crippen molar-refractivity contribution in [3.63, 3.8) is 0 Å². The van der Waals surface area contributed by atoms with Crippen molar-refractivity contribution < 1.29 is 18.0 Å². The minimum atomic E-state index is -3.58. The molecule has 0 saturated carbocycles. The third-order valence-corrected chi connectivity index (χ3v) is 8.95. The molecular formula is C25H29N3O4S. The summed E-state index contributed by atoms with van der Waals surface area (Å²) in [5.74, 6) is -0.299. The number of piperidine rings is 1. The van der Waals surface area contributed by atoms with Crippen LogP contribution < -0.4 is 4.90 Å². The predicted molar refractivity (Wildman–Crippen MR) is 125 cm³/mol. The zero-order chi connectivity index (χ0) is 23.2. The van der Waals surface area contributed by atoms with Crippen molar-refractivity contribution in [1.82, 2.24) is 9.21 Å². The molecule has 33 heavy (non-hydrogen) atoms. The molecule has 5 rings (SSSR count). The molecule has 1 atom stereocenters. The first-order valence-corrected chi connectivity index (χ1v) is 13.1. The summed E-state index contributed by atoms with van der Waals surface area (Å²) in [6, 6.07) is 12.4. The maximum absolute atomic E-state index is 13.5. The van der Waals surface area contributed by atoms with E-state index in [4.69, 9.17) is 0 Å². The molecular weight excluding hydrogens is 438 g/mol. The molecule has 3 aliphatic heterocycles. The van der Waals surface area contributed by atoms with Gasteiger partial charge in [-0.3, -0.25) is 14.5 Å². The number of sulfonamides is 1. The van der Waals surface area contributed by atoms with Gasteiger partial charge in [0.1, 0.15) is 6.04 Å². The summed E-state index contributed by atoms with van der Waals surface area (Å²) < 4.78 is 27.8. The van der Waals surface area contributed by atoms with Crippen LogP contribution in [0.2, 0.25) is 0 Å². The molecule has 174 valence electrons. The van der Waals surface area contributed by atoms with E-state index in [1.165, 1.54) is 17.4 Å². The molecule has 0 aliphatic carbocycles. The number of hydrogen-bond donors (Lipinski definition) is 0. The van der Waals surface area contributed by atoms with Crippen LogP contribution in [-0.2, 0) is 39.0 Å². The summed E-state index contributed by atoms with van der Waals surface area (Å²) >= 11 is 0. The van der Waals surface area contributed by atoms with Crippen LogP contribution in [0.1, 0.15) is 42.9 Å². The predicted octanol–water partition coefficient (Wildman–Crippen LogP) is 2.72. The second-order valence-corrected chi connectivity index (χ2v) is 11.1. The summed E-state index contributed by atoms with van der Waals surface area (Å²) in [7, 11) is -3.58. The smallest absolute Gasteiger partial charge is 0.246 e. The summed E-state index contributed by atoms with van der Waals surface area (Å²) in [6.45, 7) is 3.68. The first-order chi connectivity index (χ1) is 15.9. The third-order valence-electron chi connectivity index (χ3n) is 7.05. The Hall–Kier alpha value is -2.71. The number of hydrogen-bond acceptors (Lipinski definition) is 4. The fourth-order valence-electron chi connectivity index (χ4n) is 5.32. The average molecular weight is 468 g/mol. The topological polar surface area (TPSA) is 78.0 Å². The highest BCUT2D eigenvalue weighted by Gasteiger charge is 2.40. The lowest BCUT2D eigenvalue weighted by Crippen LogP contribution is -2.50. The largest absolute Gasteiger partial charge is 0.336 e. The number of fused-ring (bicyclic) bond motifs is 2. The van der Waals surface area contributed by atoms with Gasteiger partial charge in [0, 0.05) is 45.2 Å². The Labute approximate surface area is 195 Å². The van der Waals surface area contributed by atoms with Crippen LogP contribution in [0.3, 0.4) is 0 Å². The molecule has 1 unspecified atom stereocenters. The Bertz CT molecular complexity index is 1200. The molecule has 2 amide bonds. The standard InChI is InChI=1S/C25H29N3O4S/c1-18(29)28-23-10-9-22(33(31,32)27-12-5-2-6-13-27)15-21(23)16-24(28)25(30)26-14-11-19-7-3-4-8-20(19)17-26/h3-4,7-10,15,24H,2,5-6,11-14,16-17H2,1H3. The molecule has 3 aliphatic rings. The molecule has 3 heterocycles. The third kappa shape index (κ3) is 3.95. The highest BCUT2D eigenvalue weighted by atomic mass is 32.2. The molecule has 0 spiro atoms. The summed E-state index contributed by atoms with van der Waals surface area (Å²) in [4.78, 5) is 29.7. The maximum atomic E-state index is 13.5. The van der Waals surface area contributed by atoms with Gasteiger partial charge in [-0.2, -0.15) is 4.31 Å². The maximum Gasteiger partial charge on any atom is 0.246 e. The second-order valence-electron chi connectivity index (χ2n) is 9.14. The molecule has 2 aromatic carbocycles. The SMILES string of the molecule is CC(=O)N1c2ccc(S(=O)(=O)N3CCCCC3)cc2CC1C(=O)N1CCc2ccccc2C1. The Balaban J connectivity index is 1.41. The molecule has 1 fully saturated rings. The van der Waals surface area contributed by atoms with Crippen molar-refractivity contribution in [2.75, 3.05) is 24.5 Å². The van der Waals surface area contributed by atoms with Crippen LogP contribution in [0.5, 0.6) is 0 Å². The van der Waals surface area contributed by atoms with Gasteiger partial charge in [-0.05, 0) is 54.2 Å². The highest BCUT2D eigenvalue weighted by molar-refractivity contribution is 7.89. The van der Waals surface area contributed by atoms with Gasteiger partial charge in [0.25, 0.3) is 0 Å². The van der Waals surface area contributed by atoms with Crippen molar-refractivity contribution in [3.05, 3.63) is 59.2 Å². The zero-order valence-electron chi connectivity index (χ0n) is 18.9. The monoisotopic (exact) mass is 467 g/mol. The highest BCUT2D eigenvalue weighted by Crippen LogP contribution is 2.36. The quantitative estimate of drug-likeness (QED) is 0.696. The zero-order valence-corrected chi connectivity index (χ0v) is 19.7. The molecule has 0 bridgehead atoms. The number of anilines is 1. The van der Waals surface area contributed by atoms with Gasteiger partial charge >= 0.3 is 0 Å².